The highest BCUT2D eigenvalue weighted by Gasteiger charge is 2.32. The van der Waals surface area contributed by atoms with E-state index < -0.39 is 0 Å². The van der Waals surface area contributed by atoms with E-state index in [2.05, 4.69) is 10.2 Å². The number of nitrogens with zero attached hydrogens (tertiary/aromatic N) is 1. The molecule has 0 amide bonds. The lowest BCUT2D eigenvalue weighted by molar-refractivity contribution is 0.158. The molecule has 1 heterocycles. The molecule has 0 bridgehead atoms. The van der Waals surface area contributed by atoms with Gasteiger partial charge in [0.05, 0.1) is 0 Å². The number of benzene rings is 1. The molecule has 4 heteroatoms. The van der Waals surface area contributed by atoms with Gasteiger partial charge >= 0.3 is 0 Å². The van der Waals surface area contributed by atoms with Crippen LogP contribution < -0.4 is 5.32 Å². The monoisotopic (exact) mass is 294 g/mol. The first-order valence-electron chi connectivity index (χ1n) is 7.59. The van der Waals surface area contributed by atoms with Crippen molar-refractivity contribution in [2.45, 2.75) is 32.2 Å². The maximum absolute atomic E-state index is 10.5. The van der Waals surface area contributed by atoms with Gasteiger partial charge in [0.15, 0.2) is 0 Å². The van der Waals surface area contributed by atoms with Crippen LogP contribution >= 0.6 is 11.6 Å². The number of phenolic OH excluding ortho intramolecular Hbond substituents is 1. The summed E-state index contributed by atoms with van der Waals surface area (Å²) in [5.41, 5.74) is 1.90. The number of hydrogen-bond donors (Lipinski definition) is 2. The Kier molecular flexibility index (Phi) is 4.20. The zero-order valence-electron chi connectivity index (χ0n) is 12.0. The molecule has 1 atom stereocenters. The second kappa shape index (κ2) is 5.92. The minimum absolute atomic E-state index is 0.307. The zero-order valence-corrected chi connectivity index (χ0v) is 12.8. The van der Waals surface area contributed by atoms with Crippen LogP contribution in [0.2, 0.25) is 5.02 Å². The van der Waals surface area contributed by atoms with Crippen LogP contribution in [0.1, 0.15) is 36.4 Å². The fourth-order valence-electron chi connectivity index (χ4n) is 3.15. The molecular formula is C16H23ClN2O. The Morgan fingerprint density at radius 1 is 1.35 bits per heavy atom. The standard InChI is InChI=1S/C16H23ClN2O/c1-11-8-13(17)10-14(16(11)20)15(9-12-2-3-12)19-6-4-18-5-7-19/h8,10,12,15,18,20H,2-7,9H2,1H3/t15-/m1/s1. The summed E-state index contributed by atoms with van der Waals surface area (Å²) in [6.07, 6.45) is 3.82. The number of halogens is 1. The average Bonchev–Trinajstić information content (AvgIpc) is 3.25. The molecule has 2 fully saturated rings. The molecule has 110 valence electrons. The Labute approximate surface area is 125 Å². The van der Waals surface area contributed by atoms with Crippen LogP contribution in [-0.4, -0.2) is 36.2 Å². The van der Waals surface area contributed by atoms with Crippen LogP contribution in [0.4, 0.5) is 0 Å². The number of phenols is 1. The van der Waals surface area contributed by atoms with Crippen molar-refractivity contribution in [2.75, 3.05) is 26.2 Å². The lowest BCUT2D eigenvalue weighted by Gasteiger charge is -2.36. The first-order valence-corrected chi connectivity index (χ1v) is 7.96. The van der Waals surface area contributed by atoms with Crippen LogP contribution in [0, 0.1) is 12.8 Å². The smallest absolute Gasteiger partial charge is 0.123 e. The van der Waals surface area contributed by atoms with E-state index >= 15 is 0 Å². The van der Waals surface area contributed by atoms with Gasteiger partial charge in [-0.25, -0.2) is 0 Å². The average molecular weight is 295 g/mol. The van der Waals surface area contributed by atoms with Gasteiger partial charge in [-0.1, -0.05) is 24.4 Å². The first-order chi connectivity index (χ1) is 9.65. The second-order valence-electron chi connectivity index (χ2n) is 6.14. The van der Waals surface area contributed by atoms with Crippen molar-refractivity contribution >= 4 is 11.6 Å². The molecule has 0 radical (unpaired) electrons. The summed E-state index contributed by atoms with van der Waals surface area (Å²) >= 11 is 6.22. The Morgan fingerprint density at radius 3 is 2.70 bits per heavy atom. The van der Waals surface area contributed by atoms with E-state index in [9.17, 15) is 5.11 Å². The fraction of sp³-hybridized carbons (Fsp3) is 0.625. The van der Waals surface area contributed by atoms with Crippen LogP contribution in [0.15, 0.2) is 12.1 Å². The number of aryl methyl sites for hydroxylation is 1. The van der Waals surface area contributed by atoms with Gasteiger partial charge in [0.1, 0.15) is 5.75 Å². The Hall–Kier alpha value is -0.770. The van der Waals surface area contributed by atoms with Gasteiger partial charge < -0.3 is 10.4 Å². The fourth-order valence-corrected chi connectivity index (χ4v) is 3.43. The van der Waals surface area contributed by atoms with Crippen molar-refractivity contribution in [1.82, 2.24) is 10.2 Å². The molecule has 1 aromatic carbocycles. The molecule has 1 saturated carbocycles. The van der Waals surface area contributed by atoms with E-state index in [0.29, 0.717) is 11.8 Å². The molecule has 3 rings (SSSR count). The maximum atomic E-state index is 10.5. The molecule has 0 spiro atoms. The summed E-state index contributed by atoms with van der Waals surface area (Å²) in [6, 6.07) is 4.10. The predicted octanol–water partition coefficient (Wildman–Crippen LogP) is 3.10. The number of piperazine rings is 1. The van der Waals surface area contributed by atoms with Crippen molar-refractivity contribution in [3.8, 4) is 5.75 Å². The third kappa shape index (κ3) is 3.11. The zero-order chi connectivity index (χ0) is 14.1. The summed E-state index contributed by atoms with van der Waals surface area (Å²) in [6.45, 7) is 6.07. The summed E-state index contributed by atoms with van der Waals surface area (Å²) < 4.78 is 0. The number of hydrogen-bond acceptors (Lipinski definition) is 3. The summed E-state index contributed by atoms with van der Waals surface area (Å²) in [5.74, 6) is 1.26. The first kappa shape index (κ1) is 14.2. The van der Waals surface area contributed by atoms with E-state index in [0.717, 1.165) is 54.7 Å². The molecule has 2 aliphatic rings. The highest BCUT2D eigenvalue weighted by atomic mass is 35.5. The van der Waals surface area contributed by atoms with Crippen LogP contribution in [-0.2, 0) is 0 Å². The lowest BCUT2D eigenvalue weighted by Crippen LogP contribution is -2.45. The minimum atomic E-state index is 0.307. The molecule has 0 unspecified atom stereocenters. The Balaban J connectivity index is 1.90. The molecular weight excluding hydrogens is 272 g/mol. The van der Waals surface area contributed by atoms with Crippen molar-refractivity contribution in [3.63, 3.8) is 0 Å². The van der Waals surface area contributed by atoms with Gasteiger partial charge in [0.2, 0.25) is 0 Å². The molecule has 1 saturated heterocycles. The van der Waals surface area contributed by atoms with Crippen molar-refractivity contribution < 1.29 is 5.11 Å². The van der Waals surface area contributed by atoms with Crippen molar-refractivity contribution in [2.24, 2.45) is 5.92 Å². The minimum Gasteiger partial charge on any atom is -0.507 e. The van der Waals surface area contributed by atoms with Crippen molar-refractivity contribution in [1.29, 1.82) is 0 Å². The van der Waals surface area contributed by atoms with Gasteiger partial charge in [-0.2, -0.15) is 0 Å². The van der Waals surface area contributed by atoms with Gasteiger partial charge in [-0.3, -0.25) is 4.90 Å². The Bertz CT molecular complexity index is 482. The highest BCUT2D eigenvalue weighted by molar-refractivity contribution is 6.30. The number of rotatable bonds is 4. The molecule has 1 aliphatic carbocycles. The largest absolute Gasteiger partial charge is 0.507 e. The maximum Gasteiger partial charge on any atom is 0.123 e. The molecule has 0 aromatic heterocycles. The van der Waals surface area contributed by atoms with Crippen LogP contribution in [0.25, 0.3) is 0 Å². The van der Waals surface area contributed by atoms with E-state index in [1.54, 1.807) is 0 Å². The third-order valence-electron chi connectivity index (χ3n) is 4.50. The summed E-state index contributed by atoms with van der Waals surface area (Å²) in [5, 5.41) is 14.6. The number of aromatic hydroxyl groups is 1. The molecule has 2 N–H and O–H groups in total. The highest BCUT2D eigenvalue weighted by Crippen LogP contribution is 2.43. The van der Waals surface area contributed by atoms with Gasteiger partial charge in [0, 0.05) is 42.8 Å². The second-order valence-corrected chi connectivity index (χ2v) is 6.58. The third-order valence-corrected chi connectivity index (χ3v) is 4.72. The van der Waals surface area contributed by atoms with E-state index in [4.69, 9.17) is 11.6 Å². The summed E-state index contributed by atoms with van der Waals surface area (Å²) in [4.78, 5) is 2.50. The normalized spacial score (nSPS) is 21.9. The molecule has 1 aliphatic heterocycles. The predicted molar refractivity (Wildman–Crippen MR) is 82.4 cm³/mol. The van der Waals surface area contributed by atoms with Gasteiger partial charge in [-0.15, -0.1) is 0 Å². The Morgan fingerprint density at radius 2 is 2.05 bits per heavy atom. The summed E-state index contributed by atoms with van der Waals surface area (Å²) in [7, 11) is 0. The topological polar surface area (TPSA) is 35.5 Å². The van der Waals surface area contributed by atoms with Gasteiger partial charge in [-0.05, 0) is 37.0 Å². The van der Waals surface area contributed by atoms with E-state index in [1.165, 1.54) is 12.8 Å². The quantitative estimate of drug-likeness (QED) is 0.896. The molecule has 20 heavy (non-hydrogen) atoms. The SMILES string of the molecule is Cc1cc(Cl)cc([C@@H](CC2CC2)N2CCNCC2)c1O. The van der Waals surface area contributed by atoms with Crippen LogP contribution in [0.3, 0.4) is 0 Å². The van der Waals surface area contributed by atoms with Crippen LogP contribution in [0.5, 0.6) is 5.75 Å². The molecule has 1 aromatic rings. The molecule has 3 nitrogen and oxygen atoms in total. The van der Waals surface area contributed by atoms with Gasteiger partial charge in [0.25, 0.3) is 0 Å². The van der Waals surface area contributed by atoms with E-state index in [-0.39, 0.29) is 0 Å². The lowest BCUT2D eigenvalue weighted by atomic mass is 9.96. The van der Waals surface area contributed by atoms with E-state index in [1.807, 2.05) is 19.1 Å². The van der Waals surface area contributed by atoms with Crippen molar-refractivity contribution in [3.05, 3.63) is 28.3 Å². The number of nitrogens with one attached hydrogen (secondary N) is 1.